The quantitative estimate of drug-likeness (QED) is 0.720. The van der Waals surface area contributed by atoms with Gasteiger partial charge in [0.25, 0.3) is 0 Å². The fraction of sp³-hybridized carbons (Fsp3) is 0.808. The van der Waals surface area contributed by atoms with Crippen LogP contribution < -0.4 is 0 Å². The first-order valence-electron chi connectivity index (χ1n) is 12.6. The summed E-state index contributed by atoms with van der Waals surface area (Å²) in [6, 6.07) is 2.06. The van der Waals surface area contributed by atoms with Gasteiger partial charge in [0.15, 0.2) is 5.78 Å². The lowest BCUT2D eigenvalue weighted by atomic mass is 9.47. The minimum absolute atomic E-state index is 0.0235. The molecule has 33 heavy (non-hydrogen) atoms. The molecule has 0 bridgehead atoms. The van der Waals surface area contributed by atoms with E-state index in [0.29, 0.717) is 36.7 Å². The first-order chi connectivity index (χ1) is 15.7. The molecular weight excluding hydrogens is 421 g/mol. The van der Waals surface area contributed by atoms with Crippen molar-refractivity contribution in [3.8, 4) is 6.07 Å². The van der Waals surface area contributed by atoms with E-state index >= 15 is 4.39 Å². The first-order valence-corrected chi connectivity index (χ1v) is 12.6. The van der Waals surface area contributed by atoms with Crippen LogP contribution >= 0.6 is 0 Å². The van der Waals surface area contributed by atoms with Gasteiger partial charge in [-0.3, -0.25) is 9.48 Å². The van der Waals surface area contributed by atoms with E-state index < -0.39 is 11.3 Å². The standard InChI is InChI=1S/C26H36FN3O3/c1-24-8-7-21-19(4-3-18-11-25(32,16-33-2)9-10-26(18,21)27)20(24)5-6-22(24)23(31)15-30-14-17(12-28)13-29-30/h13-14,18-22,32H,3-11,15-16H2,1-2H3/t18-,19+,20+,21+,22-,24+,25-,26-/m1/s1. The van der Waals surface area contributed by atoms with Gasteiger partial charge in [-0.1, -0.05) is 6.92 Å². The van der Waals surface area contributed by atoms with E-state index in [9.17, 15) is 9.90 Å². The number of ether oxygens (including phenoxy) is 1. The molecule has 7 heteroatoms. The Kier molecular flexibility index (Phi) is 5.69. The van der Waals surface area contributed by atoms with Crippen molar-refractivity contribution in [1.29, 1.82) is 5.26 Å². The van der Waals surface area contributed by atoms with Crippen molar-refractivity contribution < 1.29 is 19.0 Å². The smallest absolute Gasteiger partial charge is 0.157 e. The second kappa shape index (κ2) is 8.16. The third kappa shape index (κ3) is 3.65. The van der Waals surface area contributed by atoms with Crippen LogP contribution in [0.4, 0.5) is 4.39 Å². The highest BCUT2D eigenvalue weighted by Crippen LogP contribution is 2.66. The number of carbonyl (C=O) groups excluding carboxylic acids is 1. The summed E-state index contributed by atoms with van der Waals surface area (Å²) >= 11 is 0. The summed E-state index contributed by atoms with van der Waals surface area (Å²) in [6.07, 6.45) is 9.90. The molecule has 1 N–H and O–H groups in total. The highest BCUT2D eigenvalue weighted by Gasteiger charge is 2.64. The van der Waals surface area contributed by atoms with Crippen LogP contribution in [0, 0.1) is 46.3 Å². The number of halogens is 1. The van der Waals surface area contributed by atoms with E-state index in [4.69, 9.17) is 10.00 Å². The maximum atomic E-state index is 16.6. The van der Waals surface area contributed by atoms with Gasteiger partial charge in [0.05, 0.1) is 30.5 Å². The van der Waals surface area contributed by atoms with Gasteiger partial charge in [0, 0.05) is 19.2 Å². The highest BCUT2D eigenvalue weighted by molar-refractivity contribution is 5.82. The Morgan fingerprint density at radius 2 is 2.09 bits per heavy atom. The molecule has 1 aromatic heterocycles. The molecule has 0 aromatic carbocycles. The molecule has 180 valence electrons. The van der Waals surface area contributed by atoms with Gasteiger partial charge >= 0.3 is 0 Å². The van der Waals surface area contributed by atoms with Crippen LogP contribution in [0.1, 0.15) is 70.3 Å². The molecule has 0 aliphatic heterocycles. The molecule has 1 aromatic rings. The van der Waals surface area contributed by atoms with Gasteiger partial charge in [0.2, 0.25) is 0 Å². The third-order valence-electron chi connectivity index (χ3n) is 10.1. The summed E-state index contributed by atoms with van der Waals surface area (Å²) in [4.78, 5) is 13.3. The zero-order valence-corrected chi connectivity index (χ0v) is 19.8. The van der Waals surface area contributed by atoms with Crippen LogP contribution in [0.15, 0.2) is 12.4 Å². The lowest BCUT2D eigenvalue weighted by Crippen LogP contribution is -2.59. The minimum Gasteiger partial charge on any atom is -0.387 e. The Labute approximate surface area is 195 Å². The average molecular weight is 458 g/mol. The van der Waals surface area contributed by atoms with E-state index in [1.54, 1.807) is 18.0 Å². The molecule has 5 rings (SSSR count). The molecule has 4 aliphatic rings. The summed E-state index contributed by atoms with van der Waals surface area (Å²) < 4.78 is 23.5. The Morgan fingerprint density at radius 1 is 1.27 bits per heavy atom. The van der Waals surface area contributed by atoms with Gasteiger partial charge in [0.1, 0.15) is 11.7 Å². The Hall–Kier alpha value is -1.78. The fourth-order valence-corrected chi connectivity index (χ4v) is 8.57. The van der Waals surface area contributed by atoms with E-state index in [2.05, 4.69) is 18.1 Å². The molecular formula is C26H36FN3O3. The first kappa shape index (κ1) is 23.0. The highest BCUT2D eigenvalue weighted by atomic mass is 19.1. The molecule has 0 amide bonds. The van der Waals surface area contributed by atoms with E-state index in [1.165, 1.54) is 6.20 Å². The molecule has 6 nitrogen and oxygen atoms in total. The van der Waals surface area contributed by atoms with Crippen molar-refractivity contribution in [2.45, 2.75) is 82.5 Å². The number of methoxy groups -OCH3 is 1. The number of aliphatic hydroxyl groups is 1. The van der Waals surface area contributed by atoms with Crippen LogP contribution in [-0.2, 0) is 16.1 Å². The van der Waals surface area contributed by atoms with E-state index in [0.717, 1.165) is 38.5 Å². The monoisotopic (exact) mass is 457 g/mol. The number of carbonyl (C=O) groups is 1. The maximum absolute atomic E-state index is 16.6. The van der Waals surface area contributed by atoms with Gasteiger partial charge in [-0.2, -0.15) is 10.4 Å². The molecule has 4 saturated carbocycles. The van der Waals surface area contributed by atoms with Gasteiger partial charge in [-0.05, 0) is 86.9 Å². The topological polar surface area (TPSA) is 88.1 Å². The number of hydrogen-bond acceptors (Lipinski definition) is 5. The van der Waals surface area contributed by atoms with Gasteiger partial charge in [-0.15, -0.1) is 0 Å². The minimum atomic E-state index is -1.20. The molecule has 0 saturated heterocycles. The fourth-order valence-electron chi connectivity index (χ4n) is 8.57. The molecule has 1 heterocycles. The van der Waals surface area contributed by atoms with Crippen LogP contribution in [0.2, 0.25) is 0 Å². The summed E-state index contributed by atoms with van der Waals surface area (Å²) in [5, 5.41) is 24.1. The SMILES string of the molecule is COC[C@@]1(O)CC[C@@]2(F)[C@H](CC[C@H]3[C@@H]4CC[C@H](C(=O)Cn5cc(C#N)cn5)[C@@]4(C)CC[C@@H]32)C1. The van der Waals surface area contributed by atoms with E-state index in [1.807, 2.05) is 0 Å². The molecule has 0 spiro atoms. The number of alkyl halides is 1. The second-order valence-electron chi connectivity index (χ2n) is 11.6. The number of nitriles is 1. The predicted octanol–water partition coefficient (Wildman–Crippen LogP) is 4.06. The Bertz CT molecular complexity index is 959. The van der Waals surface area contributed by atoms with Crippen molar-refractivity contribution in [1.82, 2.24) is 9.78 Å². The van der Waals surface area contributed by atoms with Gasteiger partial charge < -0.3 is 9.84 Å². The zero-order valence-electron chi connectivity index (χ0n) is 19.8. The molecule has 0 unspecified atom stereocenters. The second-order valence-corrected chi connectivity index (χ2v) is 11.6. The summed E-state index contributed by atoms with van der Waals surface area (Å²) in [5.74, 6) is 0.823. The van der Waals surface area contributed by atoms with Crippen LogP contribution in [0.5, 0.6) is 0 Å². The van der Waals surface area contributed by atoms with Gasteiger partial charge in [-0.25, -0.2) is 4.39 Å². The number of nitrogens with zero attached hydrogens (tertiary/aromatic N) is 3. The number of ketones is 1. The van der Waals surface area contributed by atoms with Crippen molar-refractivity contribution in [2.75, 3.05) is 13.7 Å². The maximum Gasteiger partial charge on any atom is 0.157 e. The van der Waals surface area contributed by atoms with Crippen LogP contribution in [0.25, 0.3) is 0 Å². The molecule has 4 fully saturated rings. The third-order valence-corrected chi connectivity index (χ3v) is 10.1. The number of fused-ring (bicyclic) bond motifs is 5. The normalized spacial score (nSPS) is 44.4. The largest absolute Gasteiger partial charge is 0.387 e. The number of Topliss-reactive ketones (excluding diaryl/α,β-unsaturated/α-hetero) is 1. The number of rotatable bonds is 5. The Balaban J connectivity index is 1.31. The number of aromatic nitrogens is 2. The van der Waals surface area contributed by atoms with Crippen molar-refractivity contribution in [3.63, 3.8) is 0 Å². The number of hydrogen-bond donors (Lipinski definition) is 1. The average Bonchev–Trinajstić information content (AvgIpc) is 3.38. The zero-order chi connectivity index (χ0) is 23.4. The lowest BCUT2D eigenvalue weighted by molar-refractivity contribution is -0.178. The lowest BCUT2D eigenvalue weighted by Gasteiger charge is -2.59. The molecule has 0 radical (unpaired) electrons. The van der Waals surface area contributed by atoms with Crippen molar-refractivity contribution >= 4 is 5.78 Å². The Morgan fingerprint density at radius 3 is 2.82 bits per heavy atom. The van der Waals surface area contributed by atoms with Crippen LogP contribution in [-0.4, -0.2) is 45.7 Å². The predicted molar refractivity (Wildman–Crippen MR) is 120 cm³/mol. The van der Waals surface area contributed by atoms with Crippen molar-refractivity contribution in [3.05, 3.63) is 18.0 Å². The molecule has 8 atom stereocenters. The van der Waals surface area contributed by atoms with E-state index in [-0.39, 0.29) is 42.1 Å². The van der Waals surface area contributed by atoms with Crippen molar-refractivity contribution in [2.24, 2.45) is 35.0 Å². The summed E-state index contributed by atoms with van der Waals surface area (Å²) in [7, 11) is 1.60. The molecule has 4 aliphatic carbocycles. The summed E-state index contributed by atoms with van der Waals surface area (Å²) in [6.45, 7) is 2.75. The summed E-state index contributed by atoms with van der Waals surface area (Å²) in [5.41, 5.74) is -1.71. The van der Waals surface area contributed by atoms with Crippen LogP contribution in [0.3, 0.4) is 0 Å².